The Balaban J connectivity index is 1.86. The van der Waals surface area contributed by atoms with Gasteiger partial charge in [0, 0.05) is 21.8 Å². The quantitative estimate of drug-likeness (QED) is 0.688. The van der Waals surface area contributed by atoms with Gasteiger partial charge >= 0.3 is 0 Å². The molecule has 0 spiro atoms. The van der Waals surface area contributed by atoms with Gasteiger partial charge in [0.25, 0.3) is 5.91 Å². The highest BCUT2D eigenvalue weighted by Crippen LogP contribution is 2.20. The van der Waals surface area contributed by atoms with Crippen molar-refractivity contribution in [2.24, 2.45) is 0 Å². The molecule has 1 aromatic heterocycles. The van der Waals surface area contributed by atoms with Crippen molar-refractivity contribution in [3.8, 4) is 11.4 Å². The molecule has 0 saturated carbocycles. The van der Waals surface area contributed by atoms with Crippen molar-refractivity contribution in [3.63, 3.8) is 0 Å². The highest BCUT2D eigenvalue weighted by Gasteiger charge is 2.12. The van der Waals surface area contributed by atoms with Crippen LogP contribution in [0.5, 0.6) is 5.75 Å². The van der Waals surface area contributed by atoms with Crippen molar-refractivity contribution in [3.05, 3.63) is 70.3 Å². The van der Waals surface area contributed by atoms with Crippen LogP contribution in [0.1, 0.15) is 23.0 Å². The zero-order valence-corrected chi connectivity index (χ0v) is 15.6. The van der Waals surface area contributed by atoms with E-state index < -0.39 is 0 Å². The van der Waals surface area contributed by atoms with Crippen LogP contribution in [0.4, 0.5) is 5.82 Å². The first-order chi connectivity index (χ1) is 12.1. The first-order valence-corrected chi connectivity index (χ1v) is 8.70. The maximum atomic E-state index is 12.4. The van der Waals surface area contributed by atoms with Gasteiger partial charge in [0.05, 0.1) is 12.8 Å². The van der Waals surface area contributed by atoms with Gasteiger partial charge in [-0.1, -0.05) is 28.9 Å². The van der Waals surface area contributed by atoms with E-state index in [1.165, 1.54) is 0 Å². The largest absolute Gasteiger partial charge is 0.497 e. The van der Waals surface area contributed by atoms with E-state index in [2.05, 4.69) is 33.3 Å². The molecular formula is C19H18BrN3O2. The molecule has 1 heterocycles. The average molecular weight is 400 g/mol. The van der Waals surface area contributed by atoms with Crippen LogP contribution in [0, 0.1) is 0 Å². The minimum atomic E-state index is -0.191. The summed E-state index contributed by atoms with van der Waals surface area (Å²) in [6.07, 6.45) is 0.797. The van der Waals surface area contributed by atoms with Crippen molar-refractivity contribution in [1.29, 1.82) is 0 Å². The van der Waals surface area contributed by atoms with E-state index in [0.717, 1.165) is 28.0 Å². The Bertz CT molecular complexity index is 888. The van der Waals surface area contributed by atoms with Crippen molar-refractivity contribution >= 4 is 27.7 Å². The smallest absolute Gasteiger partial charge is 0.256 e. The second kappa shape index (κ2) is 7.53. The van der Waals surface area contributed by atoms with Gasteiger partial charge in [-0.2, -0.15) is 0 Å². The Hall–Kier alpha value is -2.60. The highest BCUT2D eigenvalue weighted by atomic mass is 79.9. The predicted octanol–water partition coefficient (Wildman–Crippen LogP) is 4.46. The number of carbonyl (C=O) groups is 1. The summed E-state index contributed by atoms with van der Waals surface area (Å²) in [5, 5.41) is 7.38. The number of carbonyl (C=O) groups excluding carboxylic acids is 1. The third-order valence-electron chi connectivity index (χ3n) is 3.79. The lowest BCUT2D eigenvalue weighted by molar-refractivity contribution is 0.102. The molecule has 0 aliphatic heterocycles. The summed E-state index contributed by atoms with van der Waals surface area (Å²) in [6, 6.07) is 16.8. The summed E-state index contributed by atoms with van der Waals surface area (Å²) in [6.45, 7) is 2.05. The van der Waals surface area contributed by atoms with Crippen LogP contribution in [0.2, 0.25) is 0 Å². The van der Waals surface area contributed by atoms with Gasteiger partial charge in [-0.05, 0) is 48.9 Å². The summed E-state index contributed by atoms with van der Waals surface area (Å²) < 4.78 is 7.88. The molecule has 6 heteroatoms. The van der Waals surface area contributed by atoms with Gasteiger partial charge in [-0.25, -0.2) is 4.68 Å². The van der Waals surface area contributed by atoms with Crippen LogP contribution >= 0.6 is 15.9 Å². The average Bonchev–Trinajstić information content (AvgIpc) is 3.04. The zero-order chi connectivity index (χ0) is 17.8. The number of aryl methyl sites for hydroxylation is 1. The highest BCUT2D eigenvalue weighted by molar-refractivity contribution is 9.10. The standard InChI is InChI=1S/C19H18BrN3O2/c1-3-15-12-18(21-19(24)13-5-4-6-14(20)11-13)22-23(15)16-7-9-17(25-2)10-8-16/h4-12H,3H2,1-2H3,(H,21,22,24). The van der Waals surface area contributed by atoms with Gasteiger partial charge in [0.1, 0.15) is 5.75 Å². The topological polar surface area (TPSA) is 56.2 Å². The van der Waals surface area contributed by atoms with Crippen molar-refractivity contribution in [2.45, 2.75) is 13.3 Å². The number of nitrogens with one attached hydrogen (secondary N) is 1. The Morgan fingerprint density at radius 3 is 2.60 bits per heavy atom. The molecular weight excluding hydrogens is 382 g/mol. The lowest BCUT2D eigenvalue weighted by Gasteiger charge is -2.06. The third kappa shape index (κ3) is 3.91. The maximum Gasteiger partial charge on any atom is 0.256 e. The molecule has 5 nitrogen and oxygen atoms in total. The molecule has 3 aromatic rings. The van der Waals surface area contributed by atoms with Crippen LogP contribution < -0.4 is 10.1 Å². The fraction of sp³-hybridized carbons (Fsp3) is 0.158. The second-order valence-corrected chi connectivity index (χ2v) is 6.36. The van der Waals surface area contributed by atoms with E-state index >= 15 is 0 Å². The molecule has 0 saturated heterocycles. The molecule has 0 atom stereocenters. The Kier molecular flexibility index (Phi) is 5.19. The molecule has 128 valence electrons. The van der Waals surface area contributed by atoms with Gasteiger partial charge < -0.3 is 10.1 Å². The van der Waals surface area contributed by atoms with Crippen molar-refractivity contribution < 1.29 is 9.53 Å². The predicted molar refractivity (Wildman–Crippen MR) is 102 cm³/mol. The molecule has 0 radical (unpaired) electrons. The monoisotopic (exact) mass is 399 g/mol. The Labute approximate surface area is 154 Å². The normalized spacial score (nSPS) is 10.5. The van der Waals surface area contributed by atoms with Gasteiger partial charge in [-0.15, -0.1) is 5.10 Å². The fourth-order valence-corrected chi connectivity index (χ4v) is 2.90. The number of nitrogens with zero attached hydrogens (tertiary/aromatic N) is 2. The van der Waals surface area contributed by atoms with E-state index in [0.29, 0.717) is 11.4 Å². The number of benzene rings is 2. The van der Waals surface area contributed by atoms with Crippen LogP contribution in [-0.4, -0.2) is 22.8 Å². The van der Waals surface area contributed by atoms with Crippen LogP contribution in [0.25, 0.3) is 5.69 Å². The lowest BCUT2D eigenvalue weighted by atomic mass is 10.2. The maximum absolute atomic E-state index is 12.4. The third-order valence-corrected chi connectivity index (χ3v) is 4.28. The second-order valence-electron chi connectivity index (χ2n) is 5.45. The molecule has 0 aliphatic carbocycles. The van der Waals surface area contributed by atoms with Gasteiger partial charge in [0.2, 0.25) is 0 Å². The van der Waals surface area contributed by atoms with Gasteiger partial charge in [0.15, 0.2) is 5.82 Å². The van der Waals surface area contributed by atoms with Crippen LogP contribution in [0.3, 0.4) is 0 Å². The summed E-state index contributed by atoms with van der Waals surface area (Å²) in [5.41, 5.74) is 2.50. The first kappa shape index (κ1) is 17.2. The number of amides is 1. The first-order valence-electron chi connectivity index (χ1n) is 7.91. The van der Waals surface area contributed by atoms with Gasteiger partial charge in [-0.3, -0.25) is 4.79 Å². The van der Waals surface area contributed by atoms with Crippen LogP contribution in [-0.2, 0) is 6.42 Å². The summed E-state index contributed by atoms with van der Waals surface area (Å²) >= 11 is 3.38. The van der Waals surface area contributed by atoms with Crippen molar-refractivity contribution in [1.82, 2.24) is 9.78 Å². The molecule has 0 unspecified atom stereocenters. The summed E-state index contributed by atoms with van der Waals surface area (Å²) in [4.78, 5) is 12.4. The fourth-order valence-electron chi connectivity index (χ4n) is 2.50. The SMILES string of the molecule is CCc1cc(NC(=O)c2cccc(Br)c2)nn1-c1ccc(OC)cc1. The lowest BCUT2D eigenvalue weighted by Crippen LogP contribution is -2.12. The number of ether oxygens (including phenoxy) is 1. The van der Waals surface area contributed by atoms with E-state index in [1.807, 2.05) is 47.1 Å². The number of rotatable bonds is 5. The summed E-state index contributed by atoms with van der Waals surface area (Å²) in [7, 11) is 1.63. The van der Waals surface area contributed by atoms with E-state index in [1.54, 1.807) is 19.2 Å². The summed E-state index contributed by atoms with van der Waals surface area (Å²) in [5.74, 6) is 1.12. The minimum absolute atomic E-state index is 0.191. The molecule has 2 aromatic carbocycles. The van der Waals surface area contributed by atoms with E-state index in [4.69, 9.17) is 4.74 Å². The molecule has 1 N–H and O–H groups in total. The molecule has 0 aliphatic rings. The number of methoxy groups -OCH3 is 1. The number of aromatic nitrogens is 2. The molecule has 0 fully saturated rings. The minimum Gasteiger partial charge on any atom is -0.497 e. The molecule has 0 bridgehead atoms. The Morgan fingerprint density at radius 2 is 1.96 bits per heavy atom. The number of hydrogen-bond acceptors (Lipinski definition) is 3. The van der Waals surface area contributed by atoms with Crippen LogP contribution in [0.15, 0.2) is 59.1 Å². The Morgan fingerprint density at radius 1 is 1.20 bits per heavy atom. The molecule has 25 heavy (non-hydrogen) atoms. The van der Waals surface area contributed by atoms with E-state index in [-0.39, 0.29) is 5.91 Å². The van der Waals surface area contributed by atoms with E-state index in [9.17, 15) is 4.79 Å². The number of anilines is 1. The zero-order valence-electron chi connectivity index (χ0n) is 14.0. The van der Waals surface area contributed by atoms with Crippen molar-refractivity contribution in [2.75, 3.05) is 12.4 Å². The number of hydrogen-bond donors (Lipinski definition) is 1. The molecule has 1 amide bonds. The number of halogens is 1. The molecule has 3 rings (SSSR count).